The van der Waals surface area contributed by atoms with Gasteiger partial charge in [0.1, 0.15) is 0 Å². The number of nitrogens with two attached hydrogens (primary N) is 1. The van der Waals surface area contributed by atoms with Gasteiger partial charge in [0, 0.05) is 19.8 Å². The van der Waals surface area contributed by atoms with Crippen molar-refractivity contribution in [2.45, 2.75) is 6.42 Å². The lowest BCUT2D eigenvalue weighted by Gasteiger charge is -2.15. The van der Waals surface area contributed by atoms with Crippen molar-refractivity contribution >= 4 is 17.0 Å². The van der Waals surface area contributed by atoms with Gasteiger partial charge in [-0.25, -0.2) is 4.98 Å². The summed E-state index contributed by atoms with van der Waals surface area (Å²) in [5, 5.41) is 4.46. The van der Waals surface area contributed by atoms with Gasteiger partial charge in [0.2, 0.25) is 5.95 Å². The van der Waals surface area contributed by atoms with Gasteiger partial charge < -0.3 is 15.2 Å². The standard InChI is InChI=1S/C9H13N5O/c1-14(4-2-3-10)9-11-5-7-6-12-15-8(7)13-9/h5-6H,2-4,10H2,1H3. The molecule has 2 aromatic rings. The van der Waals surface area contributed by atoms with E-state index in [4.69, 9.17) is 10.3 Å². The van der Waals surface area contributed by atoms with Crippen LogP contribution in [-0.4, -0.2) is 35.3 Å². The van der Waals surface area contributed by atoms with Crippen molar-refractivity contribution in [3.8, 4) is 0 Å². The molecule has 2 heterocycles. The van der Waals surface area contributed by atoms with Crippen molar-refractivity contribution in [3.63, 3.8) is 0 Å². The second-order valence-corrected chi connectivity index (χ2v) is 3.32. The van der Waals surface area contributed by atoms with Crippen molar-refractivity contribution in [2.75, 3.05) is 25.0 Å². The predicted octanol–water partition coefficient (Wildman–Crippen LogP) is 0.403. The first-order chi connectivity index (χ1) is 7.31. The number of aromatic nitrogens is 3. The van der Waals surface area contributed by atoms with Gasteiger partial charge in [-0.05, 0) is 13.0 Å². The maximum Gasteiger partial charge on any atom is 0.262 e. The molecule has 0 radical (unpaired) electrons. The van der Waals surface area contributed by atoms with Crippen molar-refractivity contribution in [1.29, 1.82) is 0 Å². The van der Waals surface area contributed by atoms with Gasteiger partial charge in [-0.1, -0.05) is 5.16 Å². The van der Waals surface area contributed by atoms with Crippen LogP contribution in [0.4, 0.5) is 5.95 Å². The molecule has 0 aromatic carbocycles. The van der Waals surface area contributed by atoms with E-state index in [2.05, 4.69) is 15.1 Å². The van der Waals surface area contributed by atoms with E-state index in [1.165, 1.54) is 0 Å². The molecular formula is C9H13N5O. The maximum absolute atomic E-state index is 5.43. The first-order valence-corrected chi connectivity index (χ1v) is 4.80. The normalized spacial score (nSPS) is 10.8. The summed E-state index contributed by atoms with van der Waals surface area (Å²) in [4.78, 5) is 10.4. The molecule has 0 aliphatic heterocycles. The van der Waals surface area contributed by atoms with Crippen LogP contribution in [0.25, 0.3) is 11.1 Å². The Labute approximate surface area is 87.1 Å². The number of rotatable bonds is 4. The van der Waals surface area contributed by atoms with E-state index in [0.29, 0.717) is 18.2 Å². The fraction of sp³-hybridized carbons (Fsp3) is 0.444. The third-order valence-corrected chi connectivity index (χ3v) is 2.14. The lowest BCUT2D eigenvalue weighted by Crippen LogP contribution is -2.22. The van der Waals surface area contributed by atoms with Crippen molar-refractivity contribution in [3.05, 3.63) is 12.4 Å². The summed E-state index contributed by atoms with van der Waals surface area (Å²) in [6, 6.07) is 0. The van der Waals surface area contributed by atoms with Crippen LogP contribution in [0, 0.1) is 0 Å². The molecule has 15 heavy (non-hydrogen) atoms. The molecule has 0 spiro atoms. The fourth-order valence-electron chi connectivity index (χ4n) is 1.27. The van der Waals surface area contributed by atoms with Crippen molar-refractivity contribution < 1.29 is 4.52 Å². The fourth-order valence-corrected chi connectivity index (χ4v) is 1.27. The molecule has 2 N–H and O–H groups in total. The molecule has 0 amide bonds. The molecule has 0 saturated heterocycles. The minimum absolute atomic E-state index is 0.514. The second kappa shape index (κ2) is 4.22. The SMILES string of the molecule is CN(CCCN)c1ncc2cnoc2n1. The van der Waals surface area contributed by atoms with Gasteiger partial charge in [-0.3, -0.25) is 0 Å². The highest BCUT2D eigenvalue weighted by Crippen LogP contribution is 2.13. The van der Waals surface area contributed by atoms with Crippen LogP contribution in [0.2, 0.25) is 0 Å². The largest absolute Gasteiger partial charge is 0.344 e. The van der Waals surface area contributed by atoms with Gasteiger partial charge in [-0.15, -0.1) is 0 Å². The molecule has 6 nitrogen and oxygen atoms in total. The average molecular weight is 207 g/mol. The molecule has 0 saturated carbocycles. The molecule has 80 valence electrons. The zero-order chi connectivity index (χ0) is 10.7. The van der Waals surface area contributed by atoms with Crippen LogP contribution in [0.3, 0.4) is 0 Å². The Balaban J connectivity index is 2.19. The highest BCUT2D eigenvalue weighted by atomic mass is 16.5. The van der Waals surface area contributed by atoms with Gasteiger partial charge in [0.15, 0.2) is 0 Å². The predicted molar refractivity (Wildman–Crippen MR) is 56.5 cm³/mol. The molecule has 0 aliphatic rings. The van der Waals surface area contributed by atoms with E-state index >= 15 is 0 Å². The van der Waals surface area contributed by atoms with Gasteiger partial charge in [0.25, 0.3) is 5.71 Å². The Bertz CT molecular complexity index is 441. The third kappa shape index (κ3) is 2.04. The molecule has 2 rings (SSSR count). The van der Waals surface area contributed by atoms with Gasteiger partial charge in [0.05, 0.1) is 11.6 Å². The Morgan fingerprint density at radius 3 is 3.13 bits per heavy atom. The highest BCUT2D eigenvalue weighted by Gasteiger charge is 2.07. The number of fused-ring (bicyclic) bond motifs is 1. The Morgan fingerprint density at radius 2 is 2.33 bits per heavy atom. The van der Waals surface area contributed by atoms with E-state index in [0.717, 1.165) is 18.4 Å². The lowest BCUT2D eigenvalue weighted by atomic mass is 10.4. The zero-order valence-corrected chi connectivity index (χ0v) is 8.55. The monoisotopic (exact) mass is 207 g/mol. The zero-order valence-electron chi connectivity index (χ0n) is 8.55. The number of anilines is 1. The van der Waals surface area contributed by atoms with Crippen LogP contribution < -0.4 is 10.6 Å². The van der Waals surface area contributed by atoms with E-state index in [-0.39, 0.29) is 0 Å². The molecule has 0 atom stereocenters. The van der Waals surface area contributed by atoms with E-state index in [9.17, 15) is 0 Å². The Hall–Kier alpha value is -1.69. The summed E-state index contributed by atoms with van der Waals surface area (Å²) in [7, 11) is 1.92. The maximum atomic E-state index is 5.43. The van der Waals surface area contributed by atoms with Crippen LogP contribution in [0.15, 0.2) is 16.9 Å². The molecule has 0 unspecified atom stereocenters. The van der Waals surface area contributed by atoms with Crippen LogP contribution in [0.1, 0.15) is 6.42 Å². The molecular weight excluding hydrogens is 194 g/mol. The third-order valence-electron chi connectivity index (χ3n) is 2.14. The summed E-state index contributed by atoms with van der Waals surface area (Å²) in [5.74, 6) is 0.632. The second-order valence-electron chi connectivity index (χ2n) is 3.32. The Morgan fingerprint density at radius 1 is 1.47 bits per heavy atom. The van der Waals surface area contributed by atoms with Crippen LogP contribution in [0.5, 0.6) is 0 Å². The summed E-state index contributed by atoms with van der Waals surface area (Å²) in [6.45, 7) is 1.49. The molecule has 2 aromatic heterocycles. The topological polar surface area (TPSA) is 81.1 Å². The van der Waals surface area contributed by atoms with E-state index in [1.807, 2.05) is 11.9 Å². The minimum atomic E-state index is 0.514. The molecule has 0 aliphatic carbocycles. The molecule has 0 fully saturated rings. The molecule has 0 bridgehead atoms. The minimum Gasteiger partial charge on any atom is -0.344 e. The number of nitrogens with zero attached hydrogens (tertiary/aromatic N) is 4. The smallest absolute Gasteiger partial charge is 0.262 e. The van der Waals surface area contributed by atoms with E-state index in [1.54, 1.807) is 12.4 Å². The van der Waals surface area contributed by atoms with Crippen LogP contribution >= 0.6 is 0 Å². The summed E-state index contributed by atoms with van der Waals surface area (Å²) >= 11 is 0. The van der Waals surface area contributed by atoms with Crippen molar-refractivity contribution in [2.24, 2.45) is 5.73 Å². The summed E-state index contributed by atoms with van der Waals surface area (Å²) < 4.78 is 4.96. The van der Waals surface area contributed by atoms with Gasteiger partial charge in [-0.2, -0.15) is 4.98 Å². The van der Waals surface area contributed by atoms with Crippen molar-refractivity contribution in [1.82, 2.24) is 15.1 Å². The average Bonchev–Trinajstić information content (AvgIpc) is 2.72. The number of hydrogen-bond acceptors (Lipinski definition) is 6. The highest BCUT2D eigenvalue weighted by molar-refractivity contribution is 5.71. The summed E-state index contributed by atoms with van der Waals surface area (Å²) in [5.41, 5.74) is 5.95. The van der Waals surface area contributed by atoms with E-state index < -0.39 is 0 Å². The first-order valence-electron chi connectivity index (χ1n) is 4.80. The van der Waals surface area contributed by atoms with Crippen LogP contribution in [-0.2, 0) is 0 Å². The first kappa shape index (κ1) is 9.85. The summed E-state index contributed by atoms with van der Waals surface area (Å²) in [6.07, 6.45) is 4.21. The quantitative estimate of drug-likeness (QED) is 0.781. The molecule has 6 heteroatoms. The lowest BCUT2D eigenvalue weighted by molar-refractivity contribution is 0.448. The Kier molecular flexibility index (Phi) is 2.77. The number of hydrogen-bond donors (Lipinski definition) is 1. The van der Waals surface area contributed by atoms with Gasteiger partial charge >= 0.3 is 0 Å².